The summed E-state index contributed by atoms with van der Waals surface area (Å²) in [6.45, 7) is 2.16. The van der Waals surface area contributed by atoms with Gasteiger partial charge in [0.2, 0.25) is 5.69 Å². The van der Waals surface area contributed by atoms with Gasteiger partial charge in [-0.25, -0.2) is 4.57 Å². The van der Waals surface area contributed by atoms with Crippen molar-refractivity contribution in [3.63, 3.8) is 0 Å². The predicted molar refractivity (Wildman–Crippen MR) is 103 cm³/mol. The lowest BCUT2D eigenvalue weighted by atomic mass is 9.98. The third-order valence-electron chi connectivity index (χ3n) is 5.06. The number of hydrogen-bond donors (Lipinski definition) is 0. The van der Waals surface area contributed by atoms with Crippen LogP contribution in [0.3, 0.4) is 0 Å². The molecule has 0 unspecified atom stereocenters. The van der Waals surface area contributed by atoms with Crippen LogP contribution in [0.5, 0.6) is 0 Å². The van der Waals surface area contributed by atoms with Crippen LogP contribution >= 0.6 is 0 Å². The molecule has 0 spiro atoms. The summed E-state index contributed by atoms with van der Waals surface area (Å²) in [5.74, 6) is 0. The van der Waals surface area contributed by atoms with E-state index < -0.39 is 0 Å². The normalized spacial score (nSPS) is 11.6. The highest BCUT2D eigenvalue weighted by Crippen LogP contribution is 2.32. The van der Waals surface area contributed by atoms with Crippen molar-refractivity contribution in [1.29, 1.82) is 0 Å². The Morgan fingerprint density at radius 2 is 1.56 bits per heavy atom. The molecule has 25 heavy (non-hydrogen) atoms. The predicted octanol–water partition coefficient (Wildman–Crippen LogP) is 5.54. The van der Waals surface area contributed by atoms with Crippen molar-refractivity contribution in [3.05, 3.63) is 78.7 Å². The largest absolute Gasteiger partial charge is 0.464 e. The topological polar surface area (TPSA) is 17.0 Å². The van der Waals surface area contributed by atoms with Crippen LogP contribution in [0, 0.1) is 6.92 Å². The molecule has 0 saturated carbocycles. The number of aromatic nitrogens is 1. The molecule has 0 aliphatic carbocycles. The van der Waals surface area contributed by atoms with Gasteiger partial charge in [0.1, 0.15) is 12.6 Å². The van der Waals surface area contributed by atoms with Crippen molar-refractivity contribution in [3.8, 4) is 11.3 Å². The minimum atomic E-state index is 0.930. The van der Waals surface area contributed by atoms with Gasteiger partial charge < -0.3 is 4.42 Å². The van der Waals surface area contributed by atoms with E-state index in [-0.39, 0.29) is 0 Å². The third-order valence-corrected chi connectivity index (χ3v) is 5.06. The number of furan rings is 1. The Balaban J connectivity index is 1.86. The average Bonchev–Trinajstić information content (AvgIpc) is 3.08. The Labute approximate surface area is 145 Å². The van der Waals surface area contributed by atoms with Crippen LogP contribution in [0.25, 0.3) is 43.8 Å². The fourth-order valence-electron chi connectivity index (χ4n) is 3.78. The SMILES string of the molecule is Cc1ccc2occc2c1-c1cc2cc3ccccc3cc2c[n+]1C. The van der Waals surface area contributed by atoms with Crippen LogP contribution in [0.15, 0.2) is 77.5 Å². The number of aryl methyl sites for hydroxylation is 2. The second-order valence-electron chi connectivity index (χ2n) is 6.69. The van der Waals surface area contributed by atoms with E-state index in [1.54, 1.807) is 6.26 Å². The summed E-state index contributed by atoms with van der Waals surface area (Å²) < 4.78 is 7.82. The lowest BCUT2D eigenvalue weighted by molar-refractivity contribution is -0.659. The number of hydrogen-bond acceptors (Lipinski definition) is 1. The maximum Gasteiger partial charge on any atom is 0.213 e. The van der Waals surface area contributed by atoms with E-state index in [4.69, 9.17) is 4.42 Å². The average molecular weight is 324 g/mol. The van der Waals surface area contributed by atoms with Crippen molar-refractivity contribution >= 4 is 32.5 Å². The fraction of sp³-hybridized carbons (Fsp3) is 0.0870. The molecule has 0 aliphatic rings. The van der Waals surface area contributed by atoms with E-state index in [0.717, 1.165) is 11.0 Å². The second-order valence-corrected chi connectivity index (χ2v) is 6.69. The number of rotatable bonds is 1. The molecule has 5 rings (SSSR count). The number of fused-ring (bicyclic) bond motifs is 3. The molecule has 0 aliphatic heterocycles. The zero-order valence-corrected chi connectivity index (χ0v) is 14.3. The minimum Gasteiger partial charge on any atom is -0.464 e. The monoisotopic (exact) mass is 324 g/mol. The summed E-state index contributed by atoms with van der Waals surface area (Å²) in [5, 5.41) is 6.22. The van der Waals surface area contributed by atoms with Gasteiger partial charge in [-0.1, -0.05) is 30.3 Å². The molecule has 5 aromatic rings. The van der Waals surface area contributed by atoms with E-state index >= 15 is 0 Å². The van der Waals surface area contributed by atoms with Gasteiger partial charge in [-0.05, 0) is 52.9 Å². The molecule has 0 saturated heterocycles. The van der Waals surface area contributed by atoms with Gasteiger partial charge in [-0.15, -0.1) is 0 Å². The van der Waals surface area contributed by atoms with Crippen molar-refractivity contribution in [1.82, 2.24) is 0 Å². The minimum absolute atomic E-state index is 0.930. The van der Waals surface area contributed by atoms with Crippen molar-refractivity contribution in [2.24, 2.45) is 7.05 Å². The van der Waals surface area contributed by atoms with E-state index in [2.05, 4.69) is 79.3 Å². The van der Waals surface area contributed by atoms with Gasteiger partial charge in [-0.3, -0.25) is 0 Å². The molecule has 0 radical (unpaired) electrons. The zero-order chi connectivity index (χ0) is 17.0. The van der Waals surface area contributed by atoms with Crippen LogP contribution in [0.2, 0.25) is 0 Å². The molecule has 0 fully saturated rings. The molecule has 3 aromatic carbocycles. The van der Waals surface area contributed by atoms with Crippen molar-refractivity contribution < 1.29 is 8.98 Å². The Bertz CT molecular complexity index is 1260. The quantitative estimate of drug-likeness (QED) is 0.292. The Morgan fingerprint density at radius 3 is 2.36 bits per heavy atom. The summed E-state index contributed by atoms with van der Waals surface area (Å²) in [6, 6.07) is 21.6. The molecule has 2 nitrogen and oxygen atoms in total. The molecule has 0 amide bonds. The number of benzene rings is 3. The molecule has 0 atom stereocenters. The first-order valence-electron chi connectivity index (χ1n) is 8.50. The van der Waals surface area contributed by atoms with Crippen LogP contribution in [-0.4, -0.2) is 0 Å². The Hall–Kier alpha value is -3.13. The van der Waals surface area contributed by atoms with E-state index in [1.165, 1.54) is 38.4 Å². The summed E-state index contributed by atoms with van der Waals surface area (Å²) in [6.07, 6.45) is 3.98. The fourth-order valence-corrected chi connectivity index (χ4v) is 3.78. The molecule has 120 valence electrons. The molecule has 2 heterocycles. The first kappa shape index (κ1) is 14.2. The van der Waals surface area contributed by atoms with Gasteiger partial charge >= 0.3 is 0 Å². The van der Waals surface area contributed by atoms with Gasteiger partial charge in [0.25, 0.3) is 0 Å². The number of pyridine rings is 1. The Kier molecular flexibility index (Phi) is 2.95. The summed E-state index contributed by atoms with van der Waals surface area (Å²) >= 11 is 0. The van der Waals surface area contributed by atoms with Gasteiger partial charge in [0, 0.05) is 16.8 Å². The first-order valence-corrected chi connectivity index (χ1v) is 8.50. The molecule has 0 bridgehead atoms. The molecular weight excluding hydrogens is 306 g/mol. The summed E-state index contributed by atoms with van der Waals surface area (Å²) in [5.41, 5.74) is 4.62. The highest BCUT2D eigenvalue weighted by Gasteiger charge is 2.18. The molecule has 2 heteroatoms. The summed E-state index contributed by atoms with van der Waals surface area (Å²) in [7, 11) is 2.11. The second kappa shape index (κ2) is 5.18. The summed E-state index contributed by atoms with van der Waals surface area (Å²) in [4.78, 5) is 0. The molecular formula is C23H18NO+. The lowest BCUT2D eigenvalue weighted by Gasteiger charge is -2.08. The van der Waals surface area contributed by atoms with Crippen LogP contribution in [-0.2, 0) is 7.05 Å². The standard InChI is InChI=1S/C23H18NO/c1-15-7-8-22-20(9-10-25-22)23(15)21-13-18-11-16-5-3-4-6-17(16)12-19(18)14-24(21)2/h3-14H,1-2H3/q+1. The first-order chi connectivity index (χ1) is 12.2. The van der Waals surface area contributed by atoms with Crippen LogP contribution in [0.4, 0.5) is 0 Å². The number of nitrogens with zero attached hydrogens (tertiary/aromatic N) is 1. The van der Waals surface area contributed by atoms with Gasteiger partial charge in [-0.2, -0.15) is 0 Å². The van der Waals surface area contributed by atoms with E-state index in [0.29, 0.717) is 0 Å². The maximum atomic E-state index is 5.61. The van der Waals surface area contributed by atoms with E-state index in [1.807, 2.05) is 6.07 Å². The lowest BCUT2D eigenvalue weighted by Crippen LogP contribution is -2.30. The third kappa shape index (κ3) is 2.14. The van der Waals surface area contributed by atoms with Gasteiger partial charge in [0.15, 0.2) is 6.20 Å². The Morgan fingerprint density at radius 1 is 0.800 bits per heavy atom. The van der Waals surface area contributed by atoms with Crippen LogP contribution < -0.4 is 4.57 Å². The van der Waals surface area contributed by atoms with E-state index in [9.17, 15) is 0 Å². The molecule has 0 N–H and O–H groups in total. The maximum absolute atomic E-state index is 5.61. The van der Waals surface area contributed by atoms with Crippen LogP contribution in [0.1, 0.15) is 5.56 Å². The smallest absolute Gasteiger partial charge is 0.213 e. The van der Waals surface area contributed by atoms with Crippen molar-refractivity contribution in [2.75, 3.05) is 0 Å². The van der Waals surface area contributed by atoms with Gasteiger partial charge in [0.05, 0.1) is 11.8 Å². The highest BCUT2D eigenvalue weighted by molar-refractivity contribution is 6.00. The molecule has 2 aromatic heterocycles. The van der Waals surface area contributed by atoms with Crippen molar-refractivity contribution in [2.45, 2.75) is 6.92 Å². The highest BCUT2D eigenvalue weighted by atomic mass is 16.3. The zero-order valence-electron chi connectivity index (χ0n) is 14.3.